The first-order valence-corrected chi connectivity index (χ1v) is 7.14. The molecule has 1 heterocycles. The molecule has 100 valence electrons. The molecule has 1 saturated heterocycles. The van der Waals surface area contributed by atoms with Crippen LogP contribution in [0.15, 0.2) is 0 Å². The Bertz CT molecular complexity index is 216. The van der Waals surface area contributed by atoms with Gasteiger partial charge in [0.1, 0.15) is 0 Å². The van der Waals surface area contributed by atoms with Gasteiger partial charge in [-0.2, -0.15) is 0 Å². The zero-order chi connectivity index (χ0) is 12.5. The van der Waals surface area contributed by atoms with E-state index in [1.54, 1.807) is 0 Å². The van der Waals surface area contributed by atoms with E-state index >= 15 is 0 Å². The average molecular weight is 242 g/mol. The molecule has 0 radical (unpaired) electrons. The quantitative estimate of drug-likeness (QED) is 0.443. The molecule has 17 heavy (non-hydrogen) atoms. The lowest BCUT2D eigenvalue weighted by molar-refractivity contribution is -0.138. The minimum atomic E-state index is -0.800. The second-order valence-corrected chi connectivity index (χ2v) is 5.05. The molecule has 0 aromatic heterocycles. The fourth-order valence-electron chi connectivity index (χ4n) is 2.24. The predicted molar refractivity (Wildman–Crippen MR) is 68.1 cm³/mol. The summed E-state index contributed by atoms with van der Waals surface area (Å²) in [6.45, 7) is 2.24. The monoisotopic (exact) mass is 242 g/mol. The molecule has 1 unspecified atom stereocenters. The second kappa shape index (κ2) is 8.51. The van der Waals surface area contributed by atoms with E-state index in [2.05, 4.69) is 6.92 Å². The number of aliphatic carboxylic acids is 1. The molecule has 1 rings (SSSR count). The van der Waals surface area contributed by atoms with Crippen LogP contribution in [0, 0.1) is 0 Å². The summed E-state index contributed by atoms with van der Waals surface area (Å²) in [5, 5.41) is 8.64. The minimum absolute atomic E-state index is 0.0112. The Hall–Kier alpha value is -0.570. The number of carboxylic acids is 1. The van der Waals surface area contributed by atoms with Gasteiger partial charge in [0.05, 0.1) is 6.10 Å². The van der Waals surface area contributed by atoms with E-state index in [4.69, 9.17) is 9.84 Å². The largest absolute Gasteiger partial charge is 0.479 e. The van der Waals surface area contributed by atoms with Crippen molar-refractivity contribution in [3.8, 4) is 0 Å². The number of epoxide rings is 1. The normalized spacial score (nSPS) is 22.6. The van der Waals surface area contributed by atoms with Crippen molar-refractivity contribution in [1.29, 1.82) is 0 Å². The third kappa shape index (κ3) is 6.67. The van der Waals surface area contributed by atoms with Gasteiger partial charge < -0.3 is 9.84 Å². The number of carboxylic acid groups (broad SMARTS) is 1. The fraction of sp³-hybridized carbons (Fsp3) is 0.929. The van der Waals surface area contributed by atoms with E-state index in [1.165, 1.54) is 51.4 Å². The van der Waals surface area contributed by atoms with Crippen molar-refractivity contribution >= 4 is 5.97 Å². The zero-order valence-corrected chi connectivity index (χ0v) is 11.0. The Morgan fingerprint density at radius 3 is 2.00 bits per heavy atom. The van der Waals surface area contributed by atoms with Crippen LogP contribution in [0.4, 0.5) is 0 Å². The third-order valence-corrected chi connectivity index (χ3v) is 3.42. The smallest absolute Gasteiger partial charge is 0.335 e. The predicted octanol–water partition coefficient (Wildman–Crippen LogP) is 3.76. The lowest BCUT2D eigenvalue weighted by atomic mass is 10.1. The summed E-state index contributed by atoms with van der Waals surface area (Å²) in [6, 6.07) is 0. The standard InChI is InChI=1S/C14H26O3/c1-2-3-4-5-6-7-8-9-10-11-12-13(17-12)14(15)16/h12-13H,2-11H2,1H3,(H,15,16)/t12?,13-/m0/s1. The summed E-state index contributed by atoms with van der Waals surface area (Å²) in [6.07, 6.45) is 12.2. The van der Waals surface area contributed by atoms with Crippen LogP contribution < -0.4 is 0 Å². The SMILES string of the molecule is CCCCCCCCCCCC1O[C@@H]1C(=O)O. The summed E-state index contributed by atoms with van der Waals surface area (Å²) in [5.41, 5.74) is 0. The highest BCUT2D eigenvalue weighted by Gasteiger charge is 2.44. The second-order valence-electron chi connectivity index (χ2n) is 5.05. The Balaban J connectivity index is 1.75. The van der Waals surface area contributed by atoms with Gasteiger partial charge in [0.15, 0.2) is 6.10 Å². The van der Waals surface area contributed by atoms with Gasteiger partial charge in [-0.15, -0.1) is 0 Å². The van der Waals surface area contributed by atoms with Crippen LogP contribution in [0.5, 0.6) is 0 Å². The highest BCUT2D eigenvalue weighted by atomic mass is 16.6. The lowest BCUT2D eigenvalue weighted by Gasteiger charge is -2.00. The molecule has 2 atom stereocenters. The summed E-state index contributed by atoms with van der Waals surface area (Å²) in [7, 11) is 0. The number of hydrogen-bond acceptors (Lipinski definition) is 2. The van der Waals surface area contributed by atoms with Crippen molar-refractivity contribution in [1.82, 2.24) is 0 Å². The molecule has 0 aromatic rings. The van der Waals surface area contributed by atoms with Crippen LogP contribution in [-0.4, -0.2) is 23.3 Å². The molecule has 0 bridgehead atoms. The highest BCUT2D eigenvalue weighted by Crippen LogP contribution is 2.27. The van der Waals surface area contributed by atoms with E-state index < -0.39 is 12.1 Å². The zero-order valence-electron chi connectivity index (χ0n) is 11.0. The Kier molecular flexibility index (Phi) is 7.25. The summed E-state index contributed by atoms with van der Waals surface area (Å²) < 4.78 is 5.05. The van der Waals surface area contributed by atoms with Gasteiger partial charge in [-0.25, -0.2) is 4.79 Å². The van der Waals surface area contributed by atoms with Crippen LogP contribution in [0.1, 0.15) is 71.1 Å². The molecule has 3 nitrogen and oxygen atoms in total. The Morgan fingerprint density at radius 1 is 1.00 bits per heavy atom. The number of ether oxygens (including phenoxy) is 1. The van der Waals surface area contributed by atoms with Crippen LogP contribution >= 0.6 is 0 Å². The van der Waals surface area contributed by atoms with Gasteiger partial charge in [-0.1, -0.05) is 64.7 Å². The average Bonchev–Trinajstić information content (AvgIpc) is 3.06. The fourth-order valence-corrected chi connectivity index (χ4v) is 2.24. The summed E-state index contributed by atoms with van der Waals surface area (Å²) >= 11 is 0. The van der Waals surface area contributed by atoms with Gasteiger partial charge in [-0.3, -0.25) is 0 Å². The summed E-state index contributed by atoms with van der Waals surface area (Å²) in [4.78, 5) is 10.5. The third-order valence-electron chi connectivity index (χ3n) is 3.42. The van der Waals surface area contributed by atoms with Crippen molar-refractivity contribution in [2.24, 2.45) is 0 Å². The number of unbranched alkanes of at least 4 members (excludes halogenated alkanes) is 8. The van der Waals surface area contributed by atoms with Gasteiger partial charge in [0.2, 0.25) is 0 Å². The van der Waals surface area contributed by atoms with Crippen LogP contribution in [-0.2, 0) is 9.53 Å². The first-order chi connectivity index (χ1) is 8.25. The van der Waals surface area contributed by atoms with E-state index in [0.717, 1.165) is 12.8 Å². The van der Waals surface area contributed by atoms with Gasteiger partial charge in [-0.05, 0) is 6.42 Å². The maximum absolute atomic E-state index is 10.5. The van der Waals surface area contributed by atoms with Crippen LogP contribution in [0.3, 0.4) is 0 Å². The maximum Gasteiger partial charge on any atom is 0.335 e. The number of hydrogen-bond donors (Lipinski definition) is 1. The molecular formula is C14H26O3. The molecule has 1 N–H and O–H groups in total. The highest BCUT2D eigenvalue weighted by molar-refractivity contribution is 5.75. The first-order valence-electron chi connectivity index (χ1n) is 7.14. The van der Waals surface area contributed by atoms with Gasteiger partial charge in [0, 0.05) is 0 Å². The Morgan fingerprint density at radius 2 is 1.53 bits per heavy atom. The van der Waals surface area contributed by atoms with Gasteiger partial charge in [0.25, 0.3) is 0 Å². The van der Waals surface area contributed by atoms with Crippen LogP contribution in [0.25, 0.3) is 0 Å². The van der Waals surface area contributed by atoms with E-state index in [0.29, 0.717) is 0 Å². The molecule has 1 aliphatic rings. The molecule has 1 aliphatic heterocycles. The summed E-state index contributed by atoms with van der Waals surface area (Å²) in [5.74, 6) is -0.800. The topological polar surface area (TPSA) is 49.8 Å². The van der Waals surface area contributed by atoms with E-state index in [-0.39, 0.29) is 6.10 Å². The van der Waals surface area contributed by atoms with Gasteiger partial charge >= 0.3 is 5.97 Å². The van der Waals surface area contributed by atoms with Crippen molar-refractivity contribution in [2.75, 3.05) is 0 Å². The molecule has 0 aromatic carbocycles. The maximum atomic E-state index is 10.5. The molecule has 0 amide bonds. The minimum Gasteiger partial charge on any atom is -0.479 e. The number of rotatable bonds is 11. The van der Waals surface area contributed by atoms with E-state index in [9.17, 15) is 4.79 Å². The Labute approximate surface area is 105 Å². The molecule has 0 aliphatic carbocycles. The number of carbonyl (C=O) groups is 1. The molecule has 0 spiro atoms. The lowest BCUT2D eigenvalue weighted by Crippen LogP contribution is -2.07. The molecule has 0 saturated carbocycles. The van der Waals surface area contributed by atoms with Crippen molar-refractivity contribution in [3.63, 3.8) is 0 Å². The van der Waals surface area contributed by atoms with Crippen molar-refractivity contribution in [2.45, 2.75) is 83.3 Å². The molecule has 1 fully saturated rings. The van der Waals surface area contributed by atoms with E-state index in [1.807, 2.05) is 0 Å². The first kappa shape index (κ1) is 14.5. The van der Waals surface area contributed by atoms with Crippen molar-refractivity contribution < 1.29 is 14.6 Å². The molecular weight excluding hydrogens is 216 g/mol. The van der Waals surface area contributed by atoms with Crippen molar-refractivity contribution in [3.05, 3.63) is 0 Å². The van der Waals surface area contributed by atoms with Crippen LogP contribution in [0.2, 0.25) is 0 Å². The molecule has 3 heteroatoms.